The van der Waals surface area contributed by atoms with Crippen molar-refractivity contribution in [1.82, 2.24) is 0 Å². The van der Waals surface area contributed by atoms with Crippen molar-refractivity contribution in [3.8, 4) is 0 Å². The van der Waals surface area contributed by atoms with E-state index < -0.39 is 0 Å². The maximum absolute atomic E-state index is 5.75. The average Bonchev–Trinajstić information content (AvgIpc) is 1.85. The van der Waals surface area contributed by atoms with E-state index in [0.29, 0.717) is 0 Å². The Morgan fingerprint density at radius 1 is 1.08 bits per heavy atom. The van der Waals surface area contributed by atoms with E-state index in [9.17, 15) is 0 Å². The van der Waals surface area contributed by atoms with Crippen molar-refractivity contribution in [2.75, 3.05) is 0 Å². The van der Waals surface area contributed by atoms with E-state index in [1.165, 1.54) is 16.7 Å². The molecule has 68 valence electrons. The zero-order valence-electron chi connectivity index (χ0n) is 7.79. The fourth-order valence-corrected chi connectivity index (χ4v) is 1.27. The number of nitrogens with two attached hydrogens (primary N) is 1. The third-order valence-electron chi connectivity index (χ3n) is 1.77. The lowest BCUT2D eigenvalue weighted by Gasteiger charge is -2.07. The smallest absolute Gasteiger partial charge is 0.0266 e. The Labute approximate surface area is 80.4 Å². The minimum atomic E-state index is 0. The van der Waals surface area contributed by atoms with Gasteiger partial charge in [-0.05, 0) is 26.3 Å². The van der Waals surface area contributed by atoms with Gasteiger partial charge in [-0.1, -0.05) is 29.3 Å². The molecule has 0 spiro atoms. The summed E-state index contributed by atoms with van der Waals surface area (Å²) in [4.78, 5) is 0. The van der Waals surface area contributed by atoms with Gasteiger partial charge in [0.1, 0.15) is 0 Å². The second kappa shape index (κ2) is 4.48. The maximum Gasteiger partial charge on any atom is 0.0266 e. The molecule has 0 aromatic heterocycles. The molecule has 2 heteroatoms. The summed E-state index contributed by atoms with van der Waals surface area (Å²) in [5, 5.41) is 0. The van der Waals surface area contributed by atoms with Gasteiger partial charge in [-0.2, -0.15) is 0 Å². The molecule has 1 nitrogen and oxygen atoms in total. The molecule has 0 fully saturated rings. The molecule has 1 atom stereocenters. The summed E-state index contributed by atoms with van der Waals surface area (Å²) in [7, 11) is 0. The van der Waals surface area contributed by atoms with E-state index >= 15 is 0 Å². The standard InChI is InChI=1S/C10H15N.ClH/c1-7-4-8(2)6-10(5-7)9(3)11;/h4-6,9H,11H2,1-3H3;1H/t9-;/m0./s1. The monoisotopic (exact) mass is 185 g/mol. The first-order chi connectivity index (χ1) is 5.09. The molecule has 2 N–H and O–H groups in total. The molecule has 0 saturated heterocycles. The normalized spacial score (nSPS) is 12.0. The van der Waals surface area contributed by atoms with Gasteiger partial charge in [-0.25, -0.2) is 0 Å². The van der Waals surface area contributed by atoms with Crippen LogP contribution >= 0.6 is 12.4 Å². The fourth-order valence-electron chi connectivity index (χ4n) is 1.27. The molecule has 0 saturated carbocycles. The van der Waals surface area contributed by atoms with Crippen LogP contribution in [-0.2, 0) is 0 Å². The molecular formula is C10H16ClN. The van der Waals surface area contributed by atoms with Gasteiger partial charge in [0.2, 0.25) is 0 Å². The van der Waals surface area contributed by atoms with Gasteiger partial charge < -0.3 is 5.73 Å². The van der Waals surface area contributed by atoms with Crippen LogP contribution in [0.4, 0.5) is 0 Å². The molecule has 1 aromatic rings. The molecule has 0 aliphatic carbocycles. The van der Waals surface area contributed by atoms with Gasteiger partial charge in [-0.3, -0.25) is 0 Å². The van der Waals surface area contributed by atoms with E-state index in [1.54, 1.807) is 0 Å². The topological polar surface area (TPSA) is 26.0 Å². The molecule has 1 aromatic carbocycles. The van der Waals surface area contributed by atoms with Gasteiger partial charge in [0.25, 0.3) is 0 Å². The van der Waals surface area contributed by atoms with Crippen LogP contribution in [0, 0.1) is 13.8 Å². The molecule has 0 amide bonds. The minimum absolute atomic E-state index is 0. The molecule has 0 aliphatic heterocycles. The Balaban J connectivity index is 0.00000121. The number of halogens is 1. The highest BCUT2D eigenvalue weighted by atomic mass is 35.5. The van der Waals surface area contributed by atoms with Gasteiger partial charge >= 0.3 is 0 Å². The second-order valence-corrected chi connectivity index (χ2v) is 3.21. The van der Waals surface area contributed by atoms with E-state index in [2.05, 4.69) is 32.0 Å². The molecule has 0 aliphatic rings. The predicted octanol–water partition coefficient (Wildman–Crippen LogP) is 2.74. The van der Waals surface area contributed by atoms with Crippen LogP contribution in [-0.4, -0.2) is 0 Å². The minimum Gasteiger partial charge on any atom is -0.324 e. The van der Waals surface area contributed by atoms with Gasteiger partial charge in [0.15, 0.2) is 0 Å². The molecular weight excluding hydrogens is 170 g/mol. The number of rotatable bonds is 1. The molecule has 1 rings (SSSR count). The molecule has 12 heavy (non-hydrogen) atoms. The number of benzene rings is 1. The second-order valence-electron chi connectivity index (χ2n) is 3.21. The highest BCUT2D eigenvalue weighted by molar-refractivity contribution is 5.85. The highest BCUT2D eigenvalue weighted by Gasteiger charge is 1.99. The van der Waals surface area contributed by atoms with Crippen molar-refractivity contribution in [3.05, 3.63) is 34.9 Å². The average molecular weight is 186 g/mol. The summed E-state index contributed by atoms with van der Waals surface area (Å²) in [6.07, 6.45) is 0. The first-order valence-corrected chi connectivity index (χ1v) is 3.93. The summed E-state index contributed by atoms with van der Waals surface area (Å²) in [6, 6.07) is 6.58. The molecule has 0 heterocycles. The number of hydrogen-bond donors (Lipinski definition) is 1. The Bertz CT molecular complexity index is 236. The third kappa shape index (κ3) is 2.84. The first kappa shape index (κ1) is 11.5. The van der Waals surface area contributed by atoms with E-state index in [-0.39, 0.29) is 18.4 Å². The van der Waals surface area contributed by atoms with Crippen molar-refractivity contribution in [2.45, 2.75) is 26.8 Å². The number of hydrogen-bond acceptors (Lipinski definition) is 1. The lowest BCUT2D eigenvalue weighted by atomic mass is 10.0. The summed E-state index contributed by atoms with van der Waals surface area (Å²) in [5.74, 6) is 0. The van der Waals surface area contributed by atoms with Gasteiger partial charge in [0.05, 0.1) is 0 Å². The van der Waals surface area contributed by atoms with Gasteiger partial charge in [0, 0.05) is 6.04 Å². The zero-order chi connectivity index (χ0) is 8.43. The highest BCUT2D eigenvalue weighted by Crippen LogP contribution is 2.13. The van der Waals surface area contributed by atoms with Crippen LogP contribution in [0.2, 0.25) is 0 Å². The number of aryl methyl sites for hydroxylation is 2. The Morgan fingerprint density at radius 2 is 1.50 bits per heavy atom. The van der Waals surface area contributed by atoms with Crippen LogP contribution < -0.4 is 5.73 Å². The zero-order valence-corrected chi connectivity index (χ0v) is 8.61. The lowest BCUT2D eigenvalue weighted by molar-refractivity contribution is 0.815. The van der Waals surface area contributed by atoms with Crippen molar-refractivity contribution in [1.29, 1.82) is 0 Å². The molecule has 0 bridgehead atoms. The van der Waals surface area contributed by atoms with Gasteiger partial charge in [-0.15, -0.1) is 12.4 Å². The molecule has 0 unspecified atom stereocenters. The predicted molar refractivity (Wildman–Crippen MR) is 55.8 cm³/mol. The van der Waals surface area contributed by atoms with Crippen LogP contribution in [0.5, 0.6) is 0 Å². The van der Waals surface area contributed by atoms with Crippen LogP contribution in [0.25, 0.3) is 0 Å². The Morgan fingerprint density at radius 3 is 1.83 bits per heavy atom. The lowest BCUT2D eigenvalue weighted by Crippen LogP contribution is -2.05. The van der Waals surface area contributed by atoms with Crippen molar-refractivity contribution in [3.63, 3.8) is 0 Å². The van der Waals surface area contributed by atoms with Crippen molar-refractivity contribution in [2.24, 2.45) is 5.73 Å². The summed E-state index contributed by atoms with van der Waals surface area (Å²) in [5.41, 5.74) is 9.55. The van der Waals surface area contributed by atoms with Crippen LogP contribution in [0.15, 0.2) is 18.2 Å². The molecule has 0 radical (unpaired) electrons. The van der Waals surface area contributed by atoms with Crippen molar-refractivity contribution >= 4 is 12.4 Å². The quantitative estimate of drug-likeness (QED) is 0.716. The SMILES string of the molecule is Cc1cc(C)cc([C@H](C)N)c1.Cl. The van der Waals surface area contributed by atoms with Crippen LogP contribution in [0.3, 0.4) is 0 Å². The third-order valence-corrected chi connectivity index (χ3v) is 1.77. The van der Waals surface area contributed by atoms with E-state index in [4.69, 9.17) is 5.73 Å². The van der Waals surface area contributed by atoms with Crippen LogP contribution in [0.1, 0.15) is 29.7 Å². The largest absolute Gasteiger partial charge is 0.324 e. The van der Waals surface area contributed by atoms with Crippen molar-refractivity contribution < 1.29 is 0 Å². The van der Waals surface area contributed by atoms with E-state index in [1.807, 2.05) is 6.92 Å². The van der Waals surface area contributed by atoms with E-state index in [0.717, 1.165) is 0 Å². The summed E-state index contributed by atoms with van der Waals surface area (Å²) >= 11 is 0. The Hall–Kier alpha value is -0.530. The fraction of sp³-hybridized carbons (Fsp3) is 0.400. The summed E-state index contributed by atoms with van der Waals surface area (Å²) < 4.78 is 0. The first-order valence-electron chi connectivity index (χ1n) is 3.93. The maximum atomic E-state index is 5.75. The Kier molecular flexibility index (Phi) is 4.29. The summed E-state index contributed by atoms with van der Waals surface area (Å²) in [6.45, 7) is 6.20.